The third kappa shape index (κ3) is 2.55. The molecule has 1 amide bonds. The molecule has 7 heteroatoms. The first-order chi connectivity index (χ1) is 9.61. The Bertz CT molecular complexity index is 532. The normalized spacial score (nSPS) is 23.5. The summed E-state index contributed by atoms with van der Waals surface area (Å²) >= 11 is 1.42. The van der Waals surface area contributed by atoms with Gasteiger partial charge in [0.05, 0.1) is 5.41 Å². The molecule has 1 aromatic heterocycles. The quantitative estimate of drug-likeness (QED) is 0.861. The summed E-state index contributed by atoms with van der Waals surface area (Å²) in [6.07, 6.45) is 3.22. The standard InChI is InChI=1S/C13H16N2O4S/c16-10(14-7-13(3-4-13)12(17)18)8-6-20-11(15-8)9-2-1-5-19-9/h6,9H,1-5,7H2,(H,14,16)(H,17,18). The number of aromatic nitrogens is 1. The highest BCUT2D eigenvalue weighted by molar-refractivity contribution is 7.09. The summed E-state index contributed by atoms with van der Waals surface area (Å²) in [7, 11) is 0. The molecule has 1 aromatic rings. The van der Waals surface area contributed by atoms with Gasteiger partial charge in [-0.3, -0.25) is 9.59 Å². The zero-order valence-electron chi connectivity index (χ0n) is 10.9. The summed E-state index contributed by atoms with van der Waals surface area (Å²) < 4.78 is 5.53. The molecule has 2 aliphatic rings. The van der Waals surface area contributed by atoms with Gasteiger partial charge in [0.25, 0.3) is 5.91 Å². The number of nitrogens with one attached hydrogen (secondary N) is 1. The van der Waals surface area contributed by atoms with Gasteiger partial charge in [-0.2, -0.15) is 0 Å². The van der Waals surface area contributed by atoms with Crippen LogP contribution in [0.25, 0.3) is 0 Å². The first-order valence-corrected chi connectivity index (χ1v) is 7.57. The van der Waals surface area contributed by atoms with E-state index in [-0.39, 0.29) is 18.6 Å². The molecule has 20 heavy (non-hydrogen) atoms. The lowest BCUT2D eigenvalue weighted by Gasteiger charge is -2.10. The average Bonchev–Trinajstić information content (AvgIpc) is 2.87. The van der Waals surface area contributed by atoms with Crippen LogP contribution in [0, 0.1) is 5.41 Å². The predicted molar refractivity (Wildman–Crippen MR) is 71.7 cm³/mol. The molecule has 1 saturated carbocycles. The van der Waals surface area contributed by atoms with E-state index in [1.54, 1.807) is 5.38 Å². The largest absolute Gasteiger partial charge is 0.481 e. The molecule has 2 heterocycles. The Balaban J connectivity index is 1.58. The van der Waals surface area contributed by atoms with Gasteiger partial charge in [-0.15, -0.1) is 11.3 Å². The number of carboxylic acids is 1. The fourth-order valence-corrected chi connectivity index (χ4v) is 3.15. The maximum Gasteiger partial charge on any atom is 0.311 e. The summed E-state index contributed by atoms with van der Waals surface area (Å²) in [4.78, 5) is 27.3. The van der Waals surface area contributed by atoms with Crippen LogP contribution < -0.4 is 5.32 Å². The monoisotopic (exact) mass is 296 g/mol. The Kier molecular flexibility index (Phi) is 3.47. The van der Waals surface area contributed by atoms with Gasteiger partial charge in [0.15, 0.2) is 0 Å². The van der Waals surface area contributed by atoms with Crippen LogP contribution in [0.15, 0.2) is 5.38 Å². The molecule has 0 spiro atoms. The van der Waals surface area contributed by atoms with Gasteiger partial charge in [0.2, 0.25) is 0 Å². The smallest absolute Gasteiger partial charge is 0.311 e. The van der Waals surface area contributed by atoms with Crippen LogP contribution in [0.4, 0.5) is 0 Å². The van der Waals surface area contributed by atoms with Crippen LogP contribution >= 0.6 is 11.3 Å². The lowest BCUT2D eigenvalue weighted by molar-refractivity contribution is -0.143. The van der Waals surface area contributed by atoms with Crippen LogP contribution in [0.5, 0.6) is 0 Å². The number of nitrogens with zero attached hydrogens (tertiary/aromatic N) is 1. The van der Waals surface area contributed by atoms with Gasteiger partial charge in [0.1, 0.15) is 16.8 Å². The van der Waals surface area contributed by atoms with Crippen molar-refractivity contribution in [3.05, 3.63) is 16.1 Å². The molecule has 2 fully saturated rings. The number of hydrogen-bond donors (Lipinski definition) is 2. The number of ether oxygens (including phenoxy) is 1. The zero-order valence-corrected chi connectivity index (χ0v) is 11.7. The maximum atomic E-state index is 12.0. The van der Waals surface area contributed by atoms with Gasteiger partial charge in [0, 0.05) is 18.5 Å². The Labute approximate surface area is 120 Å². The zero-order chi connectivity index (χ0) is 14.2. The lowest BCUT2D eigenvalue weighted by atomic mass is 10.1. The van der Waals surface area contributed by atoms with E-state index in [2.05, 4.69) is 10.3 Å². The van der Waals surface area contributed by atoms with E-state index in [9.17, 15) is 9.59 Å². The minimum atomic E-state index is -0.837. The van der Waals surface area contributed by atoms with E-state index in [4.69, 9.17) is 9.84 Å². The van der Waals surface area contributed by atoms with Crippen molar-refractivity contribution in [2.24, 2.45) is 5.41 Å². The van der Waals surface area contributed by atoms with Crippen molar-refractivity contribution in [2.75, 3.05) is 13.2 Å². The van der Waals surface area contributed by atoms with Gasteiger partial charge in [-0.25, -0.2) is 4.98 Å². The second-order valence-corrected chi connectivity index (χ2v) is 6.23. The number of carbonyl (C=O) groups excluding carboxylic acids is 1. The fourth-order valence-electron chi connectivity index (χ4n) is 2.27. The Morgan fingerprint density at radius 3 is 2.95 bits per heavy atom. The van der Waals surface area contributed by atoms with Gasteiger partial charge in [-0.1, -0.05) is 0 Å². The molecule has 1 aliphatic carbocycles. The van der Waals surface area contributed by atoms with E-state index in [1.807, 2.05) is 0 Å². The molecule has 1 aliphatic heterocycles. The van der Waals surface area contributed by atoms with E-state index in [0.717, 1.165) is 24.5 Å². The summed E-state index contributed by atoms with van der Waals surface area (Å²) in [6, 6.07) is 0. The van der Waals surface area contributed by atoms with Gasteiger partial charge in [-0.05, 0) is 25.7 Å². The first kappa shape index (κ1) is 13.5. The number of rotatable bonds is 5. The number of aliphatic carboxylic acids is 1. The molecule has 0 radical (unpaired) electrons. The minimum Gasteiger partial charge on any atom is -0.481 e. The van der Waals surface area contributed by atoms with E-state index >= 15 is 0 Å². The van der Waals surface area contributed by atoms with E-state index in [0.29, 0.717) is 18.5 Å². The third-order valence-electron chi connectivity index (χ3n) is 3.85. The molecule has 3 rings (SSSR count). The molecule has 0 aromatic carbocycles. The summed E-state index contributed by atoms with van der Waals surface area (Å²) in [5, 5.41) is 14.3. The molecule has 2 N–H and O–H groups in total. The Morgan fingerprint density at radius 2 is 2.35 bits per heavy atom. The highest BCUT2D eigenvalue weighted by atomic mass is 32.1. The topological polar surface area (TPSA) is 88.5 Å². The molecular weight excluding hydrogens is 280 g/mol. The Hall–Kier alpha value is -1.47. The molecule has 1 unspecified atom stereocenters. The number of thiazole rings is 1. The first-order valence-electron chi connectivity index (χ1n) is 6.69. The van der Waals surface area contributed by atoms with E-state index < -0.39 is 11.4 Å². The van der Waals surface area contributed by atoms with Crippen LogP contribution in [0.2, 0.25) is 0 Å². The van der Waals surface area contributed by atoms with Crippen molar-refractivity contribution in [1.82, 2.24) is 10.3 Å². The summed E-state index contributed by atoms with van der Waals surface area (Å²) in [5.74, 6) is -1.14. The predicted octanol–water partition coefficient (Wildman–Crippen LogP) is 1.59. The number of carboxylic acid groups (broad SMARTS) is 1. The van der Waals surface area contributed by atoms with Crippen molar-refractivity contribution in [2.45, 2.75) is 31.8 Å². The Morgan fingerprint density at radius 1 is 1.55 bits per heavy atom. The van der Waals surface area contributed by atoms with Crippen LogP contribution in [0.3, 0.4) is 0 Å². The molecule has 108 valence electrons. The number of carbonyl (C=O) groups is 2. The number of hydrogen-bond acceptors (Lipinski definition) is 5. The second-order valence-electron chi connectivity index (χ2n) is 5.34. The molecule has 1 saturated heterocycles. The minimum absolute atomic E-state index is 0.00958. The third-order valence-corrected chi connectivity index (χ3v) is 4.79. The molecule has 1 atom stereocenters. The van der Waals surface area contributed by atoms with Crippen LogP contribution in [0.1, 0.15) is 47.3 Å². The van der Waals surface area contributed by atoms with E-state index in [1.165, 1.54) is 11.3 Å². The second kappa shape index (κ2) is 5.14. The van der Waals surface area contributed by atoms with Crippen molar-refractivity contribution in [3.63, 3.8) is 0 Å². The molecular formula is C13H16N2O4S. The fraction of sp³-hybridized carbons (Fsp3) is 0.615. The summed E-state index contributed by atoms with van der Waals surface area (Å²) in [5.41, 5.74) is -0.398. The highest BCUT2D eigenvalue weighted by Gasteiger charge is 2.50. The molecule has 6 nitrogen and oxygen atoms in total. The SMILES string of the molecule is O=C(NCC1(C(=O)O)CC1)c1csc(C2CCCO2)n1. The molecule has 0 bridgehead atoms. The lowest BCUT2D eigenvalue weighted by Crippen LogP contribution is -2.34. The average molecular weight is 296 g/mol. The van der Waals surface area contributed by atoms with Gasteiger partial charge < -0.3 is 15.2 Å². The number of amides is 1. The maximum absolute atomic E-state index is 12.0. The van der Waals surface area contributed by atoms with Crippen molar-refractivity contribution >= 4 is 23.2 Å². The van der Waals surface area contributed by atoms with Crippen LogP contribution in [-0.4, -0.2) is 35.1 Å². The highest BCUT2D eigenvalue weighted by Crippen LogP contribution is 2.45. The van der Waals surface area contributed by atoms with Crippen molar-refractivity contribution < 1.29 is 19.4 Å². The van der Waals surface area contributed by atoms with Crippen molar-refractivity contribution in [1.29, 1.82) is 0 Å². The summed E-state index contributed by atoms with van der Waals surface area (Å²) in [6.45, 7) is 0.918. The van der Waals surface area contributed by atoms with Crippen molar-refractivity contribution in [3.8, 4) is 0 Å². The van der Waals surface area contributed by atoms with Gasteiger partial charge >= 0.3 is 5.97 Å². The van der Waals surface area contributed by atoms with Crippen LogP contribution in [-0.2, 0) is 9.53 Å².